The topological polar surface area (TPSA) is 73.4 Å². The smallest absolute Gasteiger partial charge is 0.242 e. The zero-order valence-electron chi connectivity index (χ0n) is 13.6. The highest BCUT2D eigenvalue weighted by Gasteiger charge is 2.31. The first kappa shape index (κ1) is 15.6. The monoisotopic (exact) mass is 333 g/mol. The van der Waals surface area contributed by atoms with Gasteiger partial charge in [0.15, 0.2) is 0 Å². The Morgan fingerprint density at radius 3 is 2.56 bits per heavy atom. The van der Waals surface area contributed by atoms with Gasteiger partial charge in [0, 0.05) is 11.3 Å². The molecule has 1 aliphatic rings. The van der Waals surface area contributed by atoms with Crippen LogP contribution in [0.2, 0.25) is 0 Å². The van der Waals surface area contributed by atoms with Crippen LogP contribution in [0, 0.1) is 0 Å². The van der Waals surface area contributed by atoms with Crippen molar-refractivity contribution in [2.24, 2.45) is 0 Å². The summed E-state index contributed by atoms with van der Waals surface area (Å²) in [6.07, 6.45) is 0.566. The minimum Gasteiger partial charge on any atom is -0.508 e. The summed E-state index contributed by atoms with van der Waals surface area (Å²) in [4.78, 5) is 12.5. The van der Waals surface area contributed by atoms with Gasteiger partial charge in [-0.2, -0.15) is 0 Å². The Kier molecular flexibility index (Phi) is 4.09. The molecule has 4 N–H and O–H groups in total. The van der Waals surface area contributed by atoms with Crippen LogP contribution in [0.15, 0.2) is 66.7 Å². The van der Waals surface area contributed by atoms with Gasteiger partial charge in [-0.05, 0) is 35.4 Å². The molecule has 1 amide bonds. The van der Waals surface area contributed by atoms with Gasteiger partial charge in [-0.15, -0.1) is 0 Å². The predicted molar refractivity (Wildman–Crippen MR) is 98.1 cm³/mol. The second-order valence-corrected chi connectivity index (χ2v) is 6.24. The van der Waals surface area contributed by atoms with Crippen LogP contribution in [0.3, 0.4) is 0 Å². The van der Waals surface area contributed by atoms with Crippen molar-refractivity contribution in [2.75, 3.05) is 5.32 Å². The summed E-state index contributed by atoms with van der Waals surface area (Å²) in [7, 11) is 0. The third-order valence-electron chi connectivity index (χ3n) is 4.55. The van der Waals surface area contributed by atoms with Gasteiger partial charge in [-0.25, -0.2) is 10.9 Å². The lowest BCUT2D eigenvalue weighted by molar-refractivity contribution is -0.117. The maximum atomic E-state index is 12.5. The molecule has 2 atom stereocenters. The maximum Gasteiger partial charge on any atom is 0.242 e. The van der Waals surface area contributed by atoms with E-state index < -0.39 is 0 Å². The van der Waals surface area contributed by atoms with Gasteiger partial charge in [0.1, 0.15) is 11.8 Å². The largest absolute Gasteiger partial charge is 0.508 e. The molecule has 2 unspecified atom stereocenters. The molecular weight excluding hydrogens is 314 g/mol. The SMILES string of the molecule is O=C(Nc1ccc2ccccc2c1)C1CC(c2ccccc2O)NN1. The van der Waals surface area contributed by atoms with Crippen molar-refractivity contribution >= 4 is 22.4 Å². The average molecular weight is 333 g/mol. The Bertz CT molecular complexity index is 925. The van der Waals surface area contributed by atoms with Gasteiger partial charge in [0.05, 0.1) is 6.04 Å². The van der Waals surface area contributed by atoms with E-state index in [2.05, 4.69) is 16.2 Å². The molecule has 3 aromatic rings. The molecule has 25 heavy (non-hydrogen) atoms. The first-order valence-corrected chi connectivity index (χ1v) is 8.29. The highest BCUT2D eigenvalue weighted by Crippen LogP contribution is 2.29. The molecule has 0 aromatic heterocycles. The van der Waals surface area contributed by atoms with Gasteiger partial charge in [0.2, 0.25) is 5.91 Å². The molecule has 1 heterocycles. The van der Waals surface area contributed by atoms with E-state index in [9.17, 15) is 9.90 Å². The number of phenols is 1. The number of hydrogen-bond acceptors (Lipinski definition) is 4. The van der Waals surface area contributed by atoms with Crippen molar-refractivity contribution in [2.45, 2.75) is 18.5 Å². The number of phenolic OH excluding ortho intramolecular Hbond substituents is 1. The van der Waals surface area contributed by atoms with Crippen LogP contribution in [0.1, 0.15) is 18.0 Å². The van der Waals surface area contributed by atoms with E-state index in [-0.39, 0.29) is 23.7 Å². The number of aromatic hydroxyl groups is 1. The van der Waals surface area contributed by atoms with Crippen LogP contribution in [-0.2, 0) is 4.79 Å². The summed E-state index contributed by atoms with van der Waals surface area (Å²) in [5.41, 5.74) is 7.67. The Morgan fingerprint density at radius 1 is 0.960 bits per heavy atom. The Balaban J connectivity index is 1.45. The van der Waals surface area contributed by atoms with Gasteiger partial charge in [-0.3, -0.25) is 4.79 Å². The second-order valence-electron chi connectivity index (χ2n) is 6.24. The summed E-state index contributed by atoms with van der Waals surface area (Å²) in [5.74, 6) is 0.137. The summed E-state index contributed by atoms with van der Waals surface area (Å²) in [6, 6.07) is 20.6. The third kappa shape index (κ3) is 3.20. The number of para-hydroxylation sites is 1. The van der Waals surface area contributed by atoms with E-state index in [1.165, 1.54) is 0 Å². The second kappa shape index (κ2) is 6.55. The van der Waals surface area contributed by atoms with Crippen molar-refractivity contribution in [3.8, 4) is 5.75 Å². The molecule has 0 radical (unpaired) electrons. The molecule has 5 heteroatoms. The minimum atomic E-state index is -0.365. The number of amides is 1. The van der Waals surface area contributed by atoms with Crippen molar-refractivity contribution in [1.29, 1.82) is 0 Å². The number of benzene rings is 3. The zero-order valence-corrected chi connectivity index (χ0v) is 13.6. The lowest BCUT2D eigenvalue weighted by atomic mass is 10.0. The van der Waals surface area contributed by atoms with Crippen LogP contribution in [0.4, 0.5) is 5.69 Å². The van der Waals surface area contributed by atoms with E-state index in [1.807, 2.05) is 54.6 Å². The van der Waals surface area contributed by atoms with Crippen LogP contribution in [-0.4, -0.2) is 17.1 Å². The number of carbonyl (C=O) groups excluding carboxylic acids is 1. The fourth-order valence-electron chi connectivity index (χ4n) is 3.21. The molecule has 0 saturated carbocycles. The summed E-state index contributed by atoms with van der Waals surface area (Å²) in [6.45, 7) is 0. The van der Waals surface area contributed by atoms with Crippen molar-refractivity contribution in [1.82, 2.24) is 10.9 Å². The molecule has 1 fully saturated rings. The first-order valence-electron chi connectivity index (χ1n) is 8.29. The number of rotatable bonds is 3. The Morgan fingerprint density at radius 2 is 1.72 bits per heavy atom. The van der Waals surface area contributed by atoms with Gasteiger partial charge in [-0.1, -0.05) is 48.5 Å². The average Bonchev–Trinajstić information content (AvgIpc) is 3.12. The standard InChI is InChI=1S/C20H19N3O2/c24-19-8-4-3-7-16(19)17-12-18(23-22-17)20(25)21-15-10-9-13-5-1-2-6-14(13)11-15/h1-11,17-18,22-24H,12H2,(H,21,25). The number of hydrazine groups is 1. The van der Waals surface area contributed by atoms with E-state index >= 15 is 0 Å². The van der Waals surface area contributed by atoms with E-state index in [0.29, 0.717) is 6.42 Å². The van der Waals surface area contributed by atoms with Gasteiger partial charge >= 0.3 is 0 Å². The lowest BCUT2D eigenvalue weighted by Crippen LogP contribution is -2.39. The molecule has 1 aliphatic heterocycles. The fraction of sp³-hybridized carbons (Fsp3) is 0.150. The van der Waals surface area contributed by atoms with Crippen LogP contribution in [0.5, 0.6) is 5.75 Å². The Labute approximate surface area is 145 Å². The van der Waals surface area contributed by atoms with Crippen LogP contribution >= 0.6 is 0 Å². The summed E-state index contributed by atoms with van der Waals surface area (Å²) >= 11 is 0. The minimum absolute atomic E-state index is 0.0966. The molecule has 126 valence electrons. The Hall–Kier alpha value is -2.89. The quantitative estimate of drug-likeness (QED) is 0.594. The van der Waals surface area contributed by atoms with E-state index in [4.69, 9.17) is 0 Å². The fourth-order valence-corrected chi connectivity index (χ4v) is 3.21. The highest BCUT2D eigenvalue weighted by atomic mass is 16.3. The number of carbonyl (C=O) groups is 1. The molecule has 3 aromatic carbocycles. The number of anilines is 1. The number of nitrogens with one attached hydrogen (secondary N) is 3. The highest BCUT2D eigenvalue weighted by molar-refractivity contribution is 5.97. The van der Waals surface area contributed by atoms with E-state index in [1.54, 1.807) is 12.1 Å². The normalized spacial score (nSPS) is 19.8. The van der Waals surface area contributed by atoms with Crippen molar-refractivity contribution in [3.05, 3.63) is 72.3 Å². The molecule has 4 rings (SSSR count). The van der Waals surface area contributed by atoms with Crippen LogP contribution < -0.4 is 16.2 Å². The number of fused-ring (bicyclic) bond motifs is 1. The third-order valence-corrected chi connectivity index (χ3v) is 4.55. The lowest BCUT2D eigenvalue weighted by Gasteiger charge is -2.12. The maximum absolute atomic E-state index is 12.5. The molecule has 5 nitrogen and oxygen atoms in total. The van der Waals surface area contributed by atoms with Crippen molar-refractivity contribution < 1.29 is 9.90 Å². The van der Waals surface area contributed by atoms with Gasteiger partial charge in [0.25, 0.3) is 0 Å². The predicted octanol–water partition coefficient (Wildman–Crippen LogP) is 3.09. The zero-order chi connectivity index (χ0) is 17.2. The molecule has 0 bridgehead atoms. The first-order chi connectivity index (χ1) is 12.2. The number of hydrogen-bond donors (Lipinski definition) is 4. The van der Waals surface area contributed by atoms with Gasteiger partial charge < -0.3 is 10.4 Å². The molecule has 1 saturated heterocycles. The van der Waals surface area contributed by atoms with Crippen molar-refractivity contribution in [3.63, 3.8) is 0 Å². The summed E-state index contributed by atoms with van der Waals surface area (Å²) in [5, 5.41) is 15.1. The molecular formula is C20H19N3O2. The molecule has 0 aliphatic carbocycles. The molecule has 0 spiro atoms. The summed E-state index contributed by atoms with van der Waals surface area (Å²) < 4.78 is 0. The van der Waals surface area contributed by atoms with Crippen LogP contribution in [0.25, 0.3) is 10.8 Å². The van der Waals surface area contributed by atoms with E-state index in [0.717, 1.165) is 22.0 Å².